The molecule has 0 fully saturated rings. The summed E-state index contributed by atoms with van der Waals surface area (Å²) in [7, 11) is 1.36. The van der Waals surface area contributed by atoms with E-state index in [0.717, 1.165) is 12.8 Å². The van der Waals surface area contributed by atoms with Crippen molar-refractivity contribution >= 4 is 5.97 Å². The minimum atomic E-state index is -0.646. The van der Waals surface area contributed by atoms with Crippen LogP contribution < -0.4 is 5.32 Å². The van der Waals surface area contributed by atoms with Gasteiger partial charge in [0, 0.05) is 18.7 Å². The van der Waals surface area contributed by atoms with Gasteiger partial charge >= 0.3 is 5.97 Å². The lowest BCUT2D eigenvalue weighted by molar-refractivity contribution is -0.136. The maximum absolute atomic E-state index is 11.0. The molecule has 0 aliphatic rings. The van der Waals surface area contributed by atoms with Crippen molar-refractivity contribution in [2.75, 3.05) is 20.2 Å². The number of carbonyl (C=O) groups excluding carboxylic acids is 1. The average Bonchev–Trinajstić information content (AvgIpc) is 2.32. The fourth-order valence-corrected chi connectivity index (χ4v) is 1.27. The summed E-state index contributed by atoms with van der Waals surface area (Å²) in [5.74, 6) is -0.317. The van der Waals surface area contributed by atoms with Crippen molar-refractivity contribution in [3.8, 4) is 0 Å². The van der Waals surface area contributed by atoms with Gasteiger partial charge < -0.3 is 15.2 Å². The van der Waals surface area contributed by atoms with E-state index >= 15 is 0 Å². The Balaban J connectivity index is 3.95. The van der Waals surface area contributed by atoms with Gasteiger partial charge in [0.05, 0.1) is 12.7 Å². The molecule has 0 bridgehead atoms. The molecule has 0 aromatic rings. The predicted molar refractivity (Wildman–Crippen MR) is 64.2 cm³/mol. The van der Waals surface area contributed by atoms with Crippen LogP contribution in [-0.2, 0) is 9.53 Å². The summed E-state index contributed by atoms with van der Waals surface area (Å²) in [5, 5.41) is 13.1. The number of carbonyl (C=O) groups is 1. The van der Waals surface area contributed by atoms with Crippen LogP contribution in [0.25, 0.3) is 0 Å². The van der Waals surface area contributed by atoms with Gasteiger partial charge in [-0.3, -0.25) is 0 Å². The smallest absolute Gasteiger partial charge is 0.333 e. The Morgan fingerprint density at radius 1 is 1.44 bits per heavy atom. The molecule has 0 heterocycles. The second-order valence-corrected chi connectivity index (χ2v) is 3.94. The van der Waals surface area contributed by atoms with Crippen LogP contribution in [0.2, 0.25) is 0 Å². The molecule has 94 valence electrons. The highest BCUT2D eigenvalue weighted by molar-refractivity contribution is 5.87. The van der Waals surface area contributed by atoms with Crippen molar-refractivity contribution in [3.05, 3.63) is 11.6 Å². The third-order valence-corrected chi connectivity index (χ3v) is 2.83. The number of methoxy groups -OCH3 is 1. The standard InChI is InChI=1S/C12H23NO3/c1-5-12(15,6-2)9-13-8-7-10(3)11(14)16-4/h7,13,15H,5-6,8-9H2,1-4H3/b10-7-. The molecular weight excluding hydrogens is 206 g/mol. The molecule has 0 saturated heterocycles. The quantitative estimate of drug-likeness (QED) is 0.392. The first kappa shape index (κ1) is 15.1. The van der Waals surface area contributed by atoms with Crippen molar-refractivity contribution < 1.29 is 14.6 Å². The van der Waals surface area contributed by atoms with Crippen LogP contribution in [0.5, 0.6) is 0 Å². The van der Waals surface area contributed by atoms with E-state index in [1.807, 2.05) is 13.8 Å². The van der Waals surface area contributed by atoms with Crippen molar-refractivity contribution in [1.29, 1.82) is 0 Å². The summed E-state index contributed by atoms with van der Waals surface area (Å²) in [6.45, 7) is 6.72. The second kappa shape index (κ2) is 7.41. The zero-order valence-electron chi connectivity index (χ0n) is 10.7. The zero-order chi connectivity index (χ0) is 12.6. The average molecular weight is 229 g/mol. The van der Waals surface area contributed by atoms with Crippen LogP contribution >= 0.6 is 0 Å². The third-order valence-electron chi connectivity index (χ3n) is 2.83. The van der Waals surface area contributed by atoms with E-state index in [1.165, 1.54) is 7.11 Å². The molecule has 0 amide bonds. The molecule has 4 nitrogen and oxygen atoms in total. The van der Waals surface area contributed by atoms with Gasteiger partial charge in [-0.1, -0.05) is 19.9 Å². The highest BCUT2D eigenvalue weighted by atomic mass is 16.5. The molecule has 4 heteroatoms. The summed E-state index contributed by atoms with van der Waals surface area (Å²) in [4.78, 5) is 11.0. The van der Waals surface area contributed by atoms with Gasteiger partial charge in [-0.05, 0) is 19.8 Å². The normalized spacial score (nSPS) is 12.7. The minimum absolute atomic E-state index is 0.317. The zero-order valence-corrected chi connectivity index (χ0v) is 10.7. The summed E-state index contributed by atoms with van der Waals surface area (Å²) >= 11 is 0. The number of nitrogens with one attached hydrogen (secondary N) is 1. The van der Waals surface area contributed by atoms with E-state index < -0.39 is 5.60 Å². The van der Waals surface area contributed by atoms with E-state index in [9.17, 15) is 9.90 Å². The molecule has 0 aromatic carbocycles. The Hall–Kier alpha value is -0.870. The van der Waals surface area contributed by atoms with Gasteiger partial charge in [-0.2, -0.15) is 0 Å². The fourth-order valence-electron chi connectivity index (χ4n) is 1.27. The molecule has 0 radical (unpaired) electrons. The molecule has 0 unspecified atom stereocenters. The second-order valence-electron chi connectivity index (χ2n) is 3.94. The first-order valence-corrected chi connectivity index (χ1v) is 5.67. The fraction of sp³-hybridized carbons (Fsp3) is 0.750. The van der Waals surface area contributed by atoms with Gasteiger partial charge in [0.1, 0.15) is 0 Å². The lowest BCUT2D eigenvalue weighted by atomic mass is 9.98. The summed E-state index contributed by atoms with van der Waals surface area (Å²) in [6.07, 6.45) is 3.20. The SMILES string of the molecule is CCC(O)(CC)CNC/C=C(/C)C(=O)OC. The van der Waals surface area contributed by atoms with E-state index in [1.54, 1.807) is 13.0 Å². The summed E-state index contributed by atoms with van der Waals surface area (Å²) in [5.41, 5.74) is -0.0703. The van der Waals surface area contributed by atoms with Crippen LogP contribution in [0.3, 0.4) is 0 Å². The predicted octanol–water partition coefficient (Wildman–Crippen LogP) is 1.25. The third kappa shape index (κ3) is 5.28. The van der Waals surface area contributed by atoms with E-state index in [4.69, 9.17) is 0 Å². The maximum atomic E-state index is 11.0. The van der Waals surface area contributed by atoms with Crippen molar-refractivity contribution in [1.82, 2.24) is 5.32 Å². The molecule has 0 saturated carbocycles. The number of ether oxygens (including phenoxy) is 1. The highest BCUT2D eigenvalue weighted by Gasteiger charge is 2.20. The highest BCUT2D eigenvalue weighted by Crippen LogP contribution is 2.12. The van der Waals surface area contributed by atoms with E-state index in [0.29, 0.717) is 18.7 Å². The molecule has 0 rings (SSSR count). The topological polar surface area (TPSA) is 58.6 Å². The van der Waals surface area contributed by atoms with Crippen LogP contribution in [0.1, 0.15) is 33.6 Å². The van der Waals surface area contributed by atoms with Gasteiger partial charge in [-0.25, -0.2) is 4.79 Å². The summed E-state index contributed by atoms with van der Waals surface area (Å²) in [6, 6.07) is 0. The van der Waals surface area contributed by atoms with Gasteiger partial charge in [0.2, 0.25) is 0 Å². The minimum Gasteiger partial charge on any atom is -0.466 e. The Kier molecular flexibility index (Phi) is 7.01. The van der Waals surface area contributed by atoms with Crippen LogP contribution in [-0.4, -0.2) is 36.9 Å². The molecule has 0 aliphatic carbocycles. The monoisotopic (exact) mass is 229 g/mol. The first-order chi connectivity index (χ1) is 7.49. The molecule has 0 aromatic heterocycles. The van der Waals surface area contributed by atoms with Crippen LogP contribution in [0.15, 0.2) is 11.6 Å². The van der Waals surface area contributed by atoms with Crippen molar-refractivity contribution in [2.45, 2.75) is 39.2 Å². The van der Waals surface area contributed by atoms with Gasteiger partial charge in [-0.15, -0.1) is 0 Å². The first-order valence-electron chi connectivity index (χ1n) is 5.67. The lowest BCUT2D eigenvalue weighted by Crippen LogP contribution is -2.39. The molecular formula is C12H23NO3. The molecule has 0 aliphatic heterocycles. The molecule has 2 N–H and O–H groups in total. The van der Waals surface area contributed by atoms with Crippen LogP contribution in [0.4, 0.5) is 0 Å². The Bertz CT molecular complexity index is 245. The van der Waals surface area contributed by atoms with Crippen LogP contribution in [0, 0.1) is 0 Å². The largest absolute Gasteiger partial charge is 0.466 e. The van der Waals surface area contributed by atoms with E-state index in [-0.39, 0.29) is 5.97 Å². The summed E-state index contributed by atoms with van der Waals surface area (Å²) < 4.78 is 4.57. The molecule has 0 spiro atoms. The lowest BCUT2D eigenvalue weighted by Gasteiger charge is -2.25. The Labute approximate surface area is 97.7 Å². The number of rotatable bonds is 7. The Morgan fingerprint density at radius 2 is 2.00 bits per heavy atom. The van der Waals surface area contributed by atoms with Gasteiger partial charge in [0.25, 0.3) is 0 Å². The number of aliphatic hydroxyl groups is 1. The van der Waals surface area contributed by atoms with Crippen molar-refractivity contribution in [2.24, 2.45) is 0 Å². The number of esters is 1. The molecule has 16 heavy (non-hydrogen) atoms. The van der Waals surface area contributed by atoms with Gasteiger partial charge in [0.15, 0.2) is 0 Å². The van der Waals surface area contributed by atoms with E-state index in [2.05, 4.69) is 10.1 Å². The maximum Gasteiger partial charge on any atom is 0.333 e. The van der Waals surface area contributed by atoms with Crippen molar-refractivity contribution in [3.63, 3.8) is 0 Å². The number of hydrogen-bond donors (Lipinski definition) is 2. The number of hydrogen-bond acceptors (Lipinski definition) is 4. The Morgan fingerprint density at radius 3 is 2.44 bits per heavy atom. The molecule has 0 atom stereocenters.